The summed E-state index contributed by atoms with van der Waals surface area (Å²) in [5.74, 6) is -1.46. The highest BCUT2D eigenvalue weighted by Crippen LogP contribution is 2.51. The third kappa shape index (κ3) is 2.29. The minimum Gasteiger partial charge on any atom is -0.479 e. The highest BCUT2D eigenvalue weighted by molar-refractivity contribution is 5.99. The summed E-state index contributed by atoms with van der Waals surface area (Å²) in [6.45, 7) is 7.72. The Morgan fingerprint density at radius 3 is 2.59 bits per heavy atom. The van der Waals surface area contributed by atoms with Crippen molar-refractivity contribution >= 4 is 11.9 Å². The van der Waals surface area contributed by atoms with Gasteiger partial charge >= 0.3 is 5.97 Å². The molecule has 7 heteroatoms. The number of hydrogen-bond donors (Lipinski definition) is 2. The summed E-state index contributed by atoms with van der Waals surface area (Å²) < 4.78 is 7.12. The van der Waals surface area contributed by atoms with E-state index in [1.807, 2.05) is 6.92 Å². The molecule has 1 fully saturated rings. The number of aliphatic carboxylic acids is 1. The number of hydrogen-bond acceptors (Lipinski definition) is 4. The second kappa shape index (κ2) is 5.39. The van der Waals surface area contributed by atoms with E-state index >= 15 is 0 Å². The predicted molar refractivity (Wildman–Crippen MR) is 79.6 cm³/mol. The molecule has 2 N–H and O–H groups in total. The third-order valence-corrected chi connectivity index (χ3v) is 4.71. The number of carboxylic acids is 1. The fourth-order valence-corrected chi connectivity index (χ4v) is 3.12. The molecule has 0 aliphatic heterocycles. The number of aromatic nitrogens is 2. The number of carbonyl (C=O) groups is 2. The summed E-state index contributed by atoms with van der Waals surface area (Å²) in [5.41, 5.74) is -1.06. The summed E-state index contributed by atoms with van der Waals surface area (Å²) in [4.78, 5) is 24.3. The van der Waals surface area contributed by atoms with Gasteiger partial charge in [0.15, 0.2) is 0 Å². The van der Waals surface area contributed by atoms with E-state index in [2.05, 4.69) is 10.4 Å². The van der Waals surface area contributed by atoms with Crippen LogP contribution in [0.1, 0.15) is 43.2 Å². The second-order valence-corrected chi connectivity index (χ2v) is 6.34. The second-order valence-electron chi connectivity index (χ2n) is 6.34. The molecule has 0 saturated heterocycles. The molecule has 7 nitrogen and oxygen atoms in total. The maximum Gasteiger partial charge on any atom is 0.330 e. The van der Waals surface area contributed by atoms with Gasteiger partial charge in [-0.05, 0) is 13.8 Å². The Bertz CT molecular complexity index is 608. The lowest BCUT2D eigenvalue weighted by Gasteiger charge is -2.58. The number of aryl methyl sites for hydroxylation is 2. The van der Waals surface area contributed by atoms with Gasteiger partial charge in [0, 0.05) is 31.7 Å². The average Bonchev–Trinajstić information content (AvgIpc) is 2.75. The molecule has 0 aromatic carbocycles. The molecule has 0 spiro atoms. The molecule has 1 heterocycles. The first-order chi connectivity index (χ1) is 10.2. The monoisotopic (exact) mass is 309 g/mol. The summed E-state index contributed by atoms with van der Waals surface area (Å²) in [7, 11) is 1.72. The van der Waals surface area contributed by atoms with Crippen molar-refractivity contribution in [2.75, 3.05) is 6.61 Å². The zero-order valence-electron chi connectivity index (χ0n) is 13.6. The maximum atomic E-state index is 12.5. The third-order valence-electron chi connectivity index (χ3n) is 4.71. The Morgan fingerprint density at radius 1 is 1.55 bits per heavy atom. The molecule has 0 unspecified atom stereocenters. The van der Waals surface area contributed by atoms with E-state index in [9.17, 15) is 14.7 Å². The van der Waals surface area contributed by atoms with Gasteiger partial charge in [-0.25, -0.2) is 4.79 Å². The van der Waals surface area contributed by atoms with Gasteiger partial charge in [0.2, 0.25) is 0 Å². The van der Waals surface area contributed by atoms with E-state index in [0.717, 1.165) is 0 Å². The molecule has 1 aromatic heterocycles. The minimum atomic E-state index is -1.33. The lowest BCUT2D eigenvalue weighted by Crippen LogP contribution is -2.76. The van der Waals surface area contributed by atoms with Gasteiger partial charge in [0.25, 0.3) is 5.91 Å². The van der Waals surface area contributed by atoms with Gasteiger partial charge in [-0.2, -0.15) is 5.10 Å². The van der Waals surface area contributed by atoms with Crippen LogP contribution in [0.4, 0.5) is 0 Å². The van der Waals surface area contributed by atoms with Crippen molar-refractivity contribution in [2.24, 2.45) is 12.5 Å². The van der Waals surface area contributed by atoms with Crippen molar-refractivity contribution in [3.05, 3.63) is 17.5 Å². The summed E-state index contributed by atoms with van der Waals surface area (Å²) in [6, 6.07) is 0. The summed E-state index contributed by atoms with van der Waals surface area (Å²) >= 11 is 0. The molecular formula is C15H23N3O4. The predicted octanol–water partition coefficient (Wildman–Crippen LogP) is 1.12. The van der Waals surface area contributed by atoms with E-state index in [1.165, 1.54) is 4.68 Å². The Kier molecular flexibility index (Phi) is 4.04. The molecule has 0 radical (unpaired) electrons. The number of nitrogens with one attached hydrogen (secondary N) is 1. The molecule has 122 valence electrons. The van der Waals surface area contributed by atoms with E-state index in [4.69, 9.17) is 4.74 Å². The first-order valence-corrected chi connectivity index (χ1v) is 7.33. The summed E-state index contributed by atoms with van der Waals surface area (Å²) in [5, 5.41) is 16.5. The Morgan fingerprint density at radius 2 is 2.18 bits per heavy atom. The SMILES string of the molecule is CCO[C@H]1C[C@@](NC(=O)c2cn(C)nc2C)(C(=O)O)C1(C)C. The Labute approximate surface area is 129 Å². The standard InChI is InChI=1S/C15H23N3O4/c1-6-22-11-7-15(13(20)21,14(11,3)4)16-12(19)10-8-18(5)17-9(10)2/h8,11H,6-7H2,1-5H3,(H,16,19)(H,20,21)/t11-,15+/m0/s1. The van der Waals surface area contributed by atoms with E-state index in [1.54, 1.807) is 34.0 Å². The maximum absolute atomic E-state index is 12.5. The largest absolute Gasteiger partial charge is 0.479 e. The Balaban J connectivity index is 2.26. The highest BCUT2D eigenvalue weighted by Gasteiger charge is 2.66. The number of rotatable bonds is 5. The van der Waals surface area contributed by atoms with Crippen LogP contribution in [-0.2, 0) is 16.6 Å². The molecule has 1 aliphatic carbocycles. The Hall–Kier alpha value is -1.89. The fraction of sp³-hybridized carbons (Fsp3) is 0.667. The van der Waals surface area contributed by atoms with Gasteiger partial charge in [-0.1, -0.05) is 13.8 Å². The van der Waals surface area contributed by atoms with E-state index in [-0.39, 0.29) is 12.5 Å². The lowest BCUT2D eigenvalue weighted by molar-refractivity contribution is -0.190. The molecule has 1 aliphatic rings. The molecule has 1 saturated carbocycles. The van der Waals surface area contributed by atoms with Crippen molar-refractivity contribution < 1.29 is 19.4 Å². The molecule has 22 heavy (non-hydrogen) atoms. The van der Waals surface area contributed by atoms with Crippen LogP contribution in [0.2, 0.25) is 0 Å². The number of carboxylic acid groups (broad SMARTS) is 1. The van der Waals surface area contributed by atoms with E-state index in [0.29, 0.717) is 17.9 Å². The molecule has 1 amide bonds. The van der Waals surface area contributed by atoms with Crippen LogP contribution in [0.15, 0.2) is 6.20 Å². The normalized spacial score (nSPS) is 26.3. The van der Waals surface area contributed by atoms with Crippen LogP contribution in [0.25, 0.3) is 0 Å². The van der Waals surface area contributed by atoms with Crippen molar-refractivity contribution in [1.82, 2.24) is 15.1 Å². The molecule has 2 rings (SSSR count). The number of amides is 1. The van der Waals surface area contributed by atoms with Crippen LogP contribution in [0.3, 0.4) is 0 Å². The summed E-state index contributed by atoms with van der Waals surface area (Å²) in [6.07, 6.45) is 1.66. The fourth-order valence-electron chi connectivity index (χ4n) is 3.12. The van der Waals surface area contributed by atoms with Crippen LogP contribution >= 0.6 is 0 Å². The first-order valence-electron chi connectivity index (χ1n) is 7.33. The van der Waals surface area contributed by atoms with Gasteiger partial charge in [-0.3, -0.25) is 9.48 Å². The molecule has 0 bridgehead atoms. The molecule has 2 atom stereocenters. The van der Waals surface area contributed by atoms with Crippen LogP contribution in [-0.4, -0.2) is 45.0 Å². The highest BCUT2D eigenvalue weighted by atomic mass is 16.5. The average molecular weight is 309 g/mol. The number of ether oxygens (including phenoxy) is 1. The first kappa shape index (κ1) is 16.5. The lowest BCUT2D eigenvalue weighted by atomic mass is 9.54. The van der Waals surface area contributed by atoms with Crippen LogP contribution in [0, 0.1) is 12.3 Å². The molecular weight excluding hydrogens is 286 g/mol. The van der Waals surface area contributed by atoms with Gasteiger partial charge in [-0.15, -0.1) is 0 Å². The minimum absolute atomic E-state index is 0.191. The zero-order valence-corrected chi connectivity index (χ0v) is 13.6. The smallest absolute Gasteiger partial charge is 0.330 e. The number of nitrogens with zero attached hydrogens (tertiary/aromatic N) is 2. The van der Waals surface area contributed by atoms with Crippen LogP contribution < -0.4 is 5.32 Å². The van der Waals surface area contributed by atoms with Crippen molar-refractivity contribution in [1.29, 1.82) is 0 Å². The van der Waals surface area contributed by atoms with Gasteiger partial charge in [0.1, 0.15) is 5.54 Å². The number of carbonyl (C=O) groups excluding carboxylic acids is 1. The topological polar surface area (TPSA) is 93.5 Å². The van der Waals surface area contributed by atoms with Crippen molar-refractivity contribution in [2.45, 2.75) is 45.8 Å². The van der Waals surface area contributed by atoms with Gasteiger partial charge in [0.05, 0.1) is 17.4 Å². The van der Waals surface area contributed by atoms with Crippen molar-refractivity contribution in [3.63, 3.8) is 0 Å². The quantitative estimate of drug-likeness (QED) is 0.850. The zero-order chi connectivity index (χ0) is 16.7. The van der Waals surface area contributed by atoms with Crippen LogP contribution in [0.5, 0.6) is 0 Å². The molecule has 1 aromatic rings. The van der Waals surface area contributed by atoms with Crippen molar-refractivity contribution in [3.8, 4) is 0 Å². The van der Waals surface area contributed by atoms with E-state index < -0.39 is 22.8 Å². The van der Waals surface area contributed by atoms with Gasteiger partial charge < -0.3 is 15.2 Å².